The molecule has 0 bridgehead atoms. The number of Topliss-reactive ketones (excluding diaryl/α,β-unsaturated/α-hetero) is 1. The number of methoxy groups -OCH3 is 1. The van der Waals surface area contributed by atoms with Crippen LogP contribution in [0.25, 0.3) is 22.4 Å². The lowest BCUT2D eigenvalue weighted by molar-refractivity contribution is -0.138. The maximum absolute atomic E-state index is 13.8. The molecule has 180 valence electrons. The number of alkyl halides is 3. The zero-order valence-electron chi connectivity index (χ0n) is 19.0. The van der Waals surface area contributed by atoms with Crippen LogP contribution in [0, 0.1) is 11.3 Å². The molecular weight excluding hydrogens is 485 g/mol. The average Bonchev–Trinajstić information content (AvgIpc) is 2.91. The molecular formula is C28H19F3N2O2S. The third kappa shape index (κ3) is 5.58. The lowest BCUT2D eigenvalue weighted by Crippen LogP contribution is -2.11. The summed E-state index contributed by atoms with van der Waals surface area (Å²) in [5.74, 6) is 0.0889. The van der Waals surface area contributed by atoms with Gasteiger partial charge in [-0.15, -0.1) is 0 Å². The number of carbonyl (C=O) groups excluding carboxylic acids is 1. The van der Waals surface area contributed by atoms with E-state index in [2.05, 4.69) is 4.98 Å². The van der Waals surface area contributed by atoms with Crippen LogP contribution in [0.1, 0.15) is 21.5 Å². The van der Waals surface area contributed by atoms with Crippen LogP contribution < -0.4 is 4.74 Å². The highest BCUT2D eigenvalue weighted by Crippen LogP contribution is 2.38. The molecule has 8 heteroatoms. The van der Waals surface area contributed by atoms with Gasteiger partial charge in [0.1, 0.15) is 16.8 Å². The molecule has 0 saturated carbocycles. The van der Waals surface area contributed by atoms with Crippen LogP contribution >= 0.6 is 11.8 Å². The van der Waals surface area contributed by atoms with Crippen molar-refractivity contribution in [3.8, 4) is 34.2 Å². The lowest BCUT2D eigenvalue weighted by atomic mass is 10.0. The Hall–Kier alpha value is -4.09. The van der Waals surface area contributed by atoms with E-state index in [1.165, 1.54) is 7.11 Å². The van der Waals surface area contributed by atoms with E-state index in [0.29, 0.717) is 16.9 Å². The fourth-order valence-corrected chi connectivity index (χ4v) is 4.46. The standard InChI is InChI=1S/C28H19F3N2O2S/c1-35-22-13-11-20(12-14-22)25-15-24(28(29,30)31)23(16-32)27(33-25)36-17-26(34)21-9-7-19(8-10-21)18-5-3-2-4-6-18/h2-15H,17H2,1H3. The SMILES string of the molecule is COc1ccc(-c2cc(C(F)(F)F)c(C#N)c(SCC(=O)c3ccc(-c4ccccc4)cc3)n2)cc1. The largest absolute Gasteiger partial charge is 0.497 e. The summed E-state index contributed by atoms with van der Waals surface area (Å²) in [5.41, 5.74) is 1.15. The molecule has 3 aromatic carbocycles. The van der Waals surface area contributed by atoms with E-state index in [-0.39, 0.29) is 22.3 Å². The average molecular weight is 505 g/mol. The van der Waals surface area contributed by atoms with E-state index in [0.717, 1.165) is 29.0 Å². The molecule has 0 fully saturated rings. The van der Waals surface area contributed by atoms with Crippen LogP contribution in [-0.2, 0) is 6.18 Å². The zero-order valence-corrected chi connectivity index (χ0v) is 19.9. The number of ketones is 1. The van der Waals surface area contributed by atoms with Crippen molar-refractivity contribution >= 4 is 17.5 Å². The number of nitrogens with zero attached hydrogens (tertiary/aromatic N) is 2. The number of ether oxygens (including phenoxy) is 1. The van der Waals surface area contributed by atoms with Crippen molar-refractivity contribution in [2.75, 3.05) is 12.9 Å². The van der Waals surface area contributed by atoms with Gasteiger partial charge >= 0.3 is 6.18 Å². The minimum Gasteiger partial charge on any atom is -0.497 e. The Kier molecular flexibility index (Phi) is 7.41. The highest BCUT2D eigenvalue weighted by molar-refractivity contribution is 8.00. The Morgan fingerprint density at radius 2 is 1.56 bits per heavy atom. The summed E-state index contributed by atoms with van der Waals surface area (Å²) in [5, 5.41) is 9.36. The predicted molar refractivity (Wildman–Crippen MR) is 133 cm³/mol. The number of hydrogen-bond donors (Lipinski definition) is 0. The first kappa shape index (κ1) is 25.0. The Morgan fingerprint density at radius 3 is 2.14 bits per heavy atom. The lowest BCUT2D eigenvalue weighted by Gasteiger charge is -2.14. The van der Waals surface area contributed by atoms with Crippen molar-refractivity contribution in [1.82, 2.24) is 4.98 Å². The van der Waals surface area contributed by atoms with Crippen molar-refractivity contribution in [2.24, 2.45) is 0 Å². The number of aromatic nitrogens is 1. The van der Waals surface area contributed by atoms with Gasteiger partial charge in [0.05, 0.1) is 29.7 Å². The molecule has 0 aliphatic heterocycles. The number of rotatable bonds is 7. The van der Waals surface area contributed by atoms with E-state index < -0.39 is 17.3 Å². The number of nitriles is 1. The highest BCUT2D eigenvalue weighted by atomic mass is 32.2. The van der Waals surface area contributed by atoms with E-state index in [4.69, 9.17) is 4.74 Å². The topological polar surface area (TPSA) is 63.0 Å². The van der Waals surface area contributed by atoms with Crippen molar-refractivity contribution in [3.05, 3.63) is 102 Å². The highest BCUT2D eigenvalue weighted by Gasteiger charge is 2.36. The summed E-state index contributed by atoms with van der Waals surface area (Å²) < 4.78 is 46.5. The minimum absolute atomic E-state index is 0.0474. The first-order valence-corrected chi connectivity index (χ1v) is 11.8. The quantitative estimate of drug-likeness (QED) is 0.195. The van der Waals surface area contributed by atoms with Crippen LogP contribution in [-0.4, -0.2) is 23.6 Å². The summed E-state index contributed by atoms with van der Waals surface area (Å²) in [4.78, 5) is 17.1. The van der Waals surface area contributed by atoms with Crippen molar-refractivity contribution in [1.29, 1.82) is 5.26 Å². The second-order valence-corrected chi connectivity index (χ2v) is 8.69. The Labute approximate surface area is 210 Å². The third-order valence-corrected chi connectivity index (χ3v) is 6.42. The van der Waals surface area contributed by atoms with Gasteiger partial charge in [0.15, 0.2) is 5.78 Å². The molecule has 0 unspecified atom stereocenters. The normalized spacial score (nSPS) is 11.1. The monoisotopic (exact) mass is 504 g/mol. The van der Waals surface area contributed by atoms with Crippen molar-refractivity contribution in [3.63, 3.8) is 0 Å². The second-order valence-electron chi connectivity index (χ2n) is 7.73. The molecule has 0 aliphatic rings. The fraction of sp³-hybridized carbons (Fsp3) is 0.107. The predicted octanol–water partition coefficient (Wildman–Crippen LogP) is 7.29. The number of carbonyl (C=O) groups is 1. The molecule has 1 heterocycles. The van der Waals surface area contributed by atoms with Crippen LogP contribution in [0.2, 0.25) is 0 Å². The molecule has 0 spiro atoms. The van der Waals surface area contributed by atoms with Crippen LogP contribution in [0.4, 0.5) is 13.2 Å². The number of hydrogen-bond acceptors (Lipinski definition) is 5. The summed E-state index contributed by atoms with van der Waals surface area (Å²) in [6.45, 7) is 0. The van der Waals surface area contributed by atoms with Crippen molar-refractivity contribution in [2.45, 2.75) is 11.2 Å². The van der Waals surface area contributed by atoms with Gasteiger partial charge in [-0.05, 0) is 41.5 Å². The molecule has 0 N–H and O–H groups in total. The summed E-state index contributed by atoms with van der Waals surface area (Å²) in [6.07, 6.45) is -4.76. The van der Waals surface area contributed by atoms with Gasteiger partial charge in [0.2, 0.25) is 0 Å². The first-order valence-electron chi connectivity index (χ1n) is 10.8. The molecule has 0 saturated heterocycles. The smallest absolute Gasteiger partial charge is 0.417 e. The Bertz CT molecular complexity index is 1410. The van der Waals surface area contributed by atoms with Gasteiger partial charge in [0, 0.05) is 11.1 Å². The first-order chi connectivity index (χ1) is 17.3. The van der Waals surface area contributed by atoms with E-state index >= 15 is 0 Å². The van der Waals surface area contributed by atoms with E-state index in [1.54, 1.807) is 42.5 Å². The van der Waals surface area contributed by atoms with Gasteiger partial charge in [-0.2, -0.15) is 18.4 Å². The molecule has 4 rings (SSSR count). The van der Waals surface area contributed by atoms with Crippen molar-refractivity contribution < 1.29 is 22.7 Å². The van der Waals surface area contributed by atoms with Gasteiger partial charge in [-0.3, -0.25) is 4.79 Å². The summed E-state index contributed by atoms with van der Waals surface area (Å²) >= 11 is 0.814. The molecule has 0 radical (unpaired) electrons. The molecule has 4 nitrogen and oxygen atoms in total. The number of benzene rings is 3. The molecule has 1 aromatic heterocycles. The van der Waals surface area contributed by atoms with E-state index in [9.17, 15) is 23.2 Å². The van der Waals surface area contributed by atoms with Gasteiger partial charge < -0.3 is 4.74 Å². The number of halogens is 3. The fourth-order valence-electron chi connectivity index (χ4n) is 3.56. The zero-order chi connectivity index (χ0) is 25.7. The molecule has 0 atom stereocenters. The molecule has 0 amide bonds. The second kappa shape index (κ2) is 10.7. The van der Waals surface area contributed by atoms with E-state index in [1.807, 2.05) is 42.5 Å². The Balaban J connectivity index is 1.61. The van der Waals surface area contributed by atoms with Crippen LogP contribution in [0.3, 0.4) is 0 Å². The van der Waals surface area contributed by atoms with Crippen LogP contribution in [0.5, 0.6) is 5.75 Å². The Morgan fingerprint density at radius 1 is 0.944 bits per heavy atom. The summed E-state index contributed by atoms with van der Waals surface area (Å²) in [6, 6.07) is 25.5. The molecule has 4 aromatic rings. The minimum atomic E-state index is -4.76. The maximum Gasteiger partial charge on any atom is 0.417 e. The molecule has 0 aliphatic carbocycles. The maximum atomic E-state index is 13.8. The number of thioether (sulfide) groups is 1. The molecule has 36 heavy (non-hydrogen) atoms. The van der Waals surface area contributed by atoms with Gasteiger partial charge in [-0.25, -0.2) is 4.98 Å². The number of pyridine rings is 1. The van der Waals surface area contributed by atoms with Crippen LogP contribution in [0.15, 0.2) is 90.0 Å². The van der Waals surface area contributed by atoms with Gasteiger partial charge in [0.25, 0.3) is 0 Å². The third-order valence-electron chi connectivity index (χ3n) is 5.44. The summed E-state index contributed by atoms with van der Waals surface area (Å²) in [7, 11) is 1.48. The van der Waals surface area contributed by atoms with Gasteiger partial charge in [-0.1, -0.05) is 66.4 Å².